The molecule has 0 fully saturated rings. The third kappa shape index (κ3) is 4.80. The Kier molecular flexibility index (Phi) is 5.31. The highest BCUT2D eigenvalue weighted by atomic mass is 19.4. The fourth-order valence-corrected chi connectivity index (χ4v) is 2.01. The van der Waals surface area contributed by atoms with Crippen LogP contribution in [0, 0.1) is 5.82 Å². The van der Waals surface area contributed by atoms with E-state index in [1.807, 2.05) is 0 Å². The van der Waals surface area contributed by atoms with Gasteiger partial charge in [0.05, 0.1) is 6.54 Å². The summed E-state index contributed by atoms with van der Waals surface area (Å²) in [6.07, 6.45) is -4.29. The Bertz CT molecular complexity index is 387. The molecule has 1 atom stereocenters. The molecule has 0 spiro atoms. The average molecular weight is 278 g/mol. The molecule has 1 aromatic carbocycles. The van der Waals surface area contributed by atoms with Crippen molar-refractivity contribution < 1.29 is 17.6 Å². The minimum atomic E-state index is -4.29. The van der Waals surface area contributed by atoms with Crippen LogP contribution in [0.15, 0.2) is 24.3 Å². The standard InChI is InChI=1S/C13H18F4N2/c1-9(2)19(8-13(15,16)17)12(7-18)10-3-5-11(14)6-4-10/h3-6,9,12H,7-8,18H2,1-2H3. The fourth-order valence-electron chi connectivity index (χ4n) is 2.01. The van der Waals surface area contributed by atoms with E-state index in [0.29, 0.717) is 5.56 Å². The number of nitrogens with two attached hydrogens (primary N) is 1. The maximum absolute atomic E-state index is 12.9. The van der Waals surface area contributed by atoms with Gasteiger partial charge in [-0.2, -0.15) is 13.2 Å². The van der Waals surface area contributed by atoms with Crippen LogP contribution in [0.2, 0.25) is 0 Å². The number of benzene rings is 1. The van der Waals surface area contributed by atoms with Crippen molar-refractivity contribution in [1.82, 2.24) is 4.90 Å². The summed E-state index contributed by atoms with van der Waals surface area (Å²) in [5, 5.41) is 0. The maximum Gasteiger partial charge on any atom is 0.401 e. The second kappa shape index (κ2) is 6.34. The number of alkyl halides is 3. The zero-order valence-corrected chi connectivity index (χ0v) is 10.9. The molecule has 0 heterocycles. The van der Waals surface area contributed by atoms with E-state index in [-0.39, 0.29) is 12.6 Å². The molecule has 0 aromatic heterocycles. The second-order valence-electron chi connectivity index (χ2n) is 4.68. The van der Waals surface area contributed by atoms with Gasteiger partial charge in [0.2, 0.25) is 0 Å². The molecule has 0 radical (unpaired) electrons. The quantitative estimate of drug-likeness (QED) is 0.839. The minimum Gasteiger partial charge on any atom is -0.329 e. The summed E-state index contributed by atoms with van der Waals surface area (Å²) in [6, 6.07) is 4.49. The number of hydrogen-bond donors (Lipinski definition) is 1. The highest BCUT2D eigenvalue weighted by Gasteiger charge is 2.35. The Hall–Kier alpha value is -1.14. The van der Waals surface area contributed by atoms with E-state index in [9.17, 15) is 17.6 Å². The van der Waals surface area contributed by atoms with Gasteiger partial charge in [-0.3, -0.25) is 4.90 Å². The molecule has 0 amide bonds. The largest absolute Gasteiger partial charge is 0.401 e. The van der Waals surface area contributed by atoms with E-state index in [1.54, 1.807) is 13.8 Å². The van der Waals surface area contributed by atoms with E-state index in [4.69, 9.17) is 5.73 Å². The van der Waals surface area contributed by atoms with Crippen LogP contribution in [0.4, 0.5) is 17.6 Å². The van der Waals surface area contributed by atoms with Crippen molar-refractivity contribution in [2.75, 3.05) is 13.1 Å². The normalized spacial score (nSPS) is 14.2. The first-order valence-corrected chi connectivity index (χ1v) is 6.02. The molecule has 19 heavy (non-hydrogen) atoms. The topological polar surface area (TPSA) is 29.3 Å². The Balaban J connectivity index is 2.99. The molecule has 1 rings (SSSR count). The molecule has 2 nitrogen and oxygen atoms in total. The van der Waals surface area contributed by atoms with E-state index in [0.717, 1.165) is 0 Å². The van der Waals surface area contributed by atoms with Crippen LogP contribution >= 0.6 is 0 Å². The third-order valence-corrected chi connectivity index (χ3v) is 2.90. The average Bonchev–Trinajstić information content (AvgIpc) is 2.29. The number of hydrogen-bond acceptors (Lipinski definition) is 2. The molecular weight excluding hydrogens is 260 g/mol. The first-order chi connectivity index (χ1) is 8.74. The van der Waals surface area contributed by atoms with Crippen LogP contribution in [0.3, 0.4) is 0 Å². The molecule has 108 valence electrons. The van der Waals surface area contributed by atoms with Gasteiger partial charge in [0.15, 0.2) is 0 Å². The van der Waals surface area contributed by atoms with Crippen LogP contribution in [-0.2, 0) is 0 Å². The summed E-state index contributed by atoms with van der Waals surface area (Å²) in [4.78, 5) is 1.27. The molecule has 0 saturated carbocycles. The highest BCUT2D eigenvalue weighted by Crippen LogP contribution is 2.27. The van der Waals surface area contributed by atoms with Gasteiger partial charge < -0.3 is 5.73 Å². The minimum absolute atomic E-state index is 0.0416. The van der Waals surface area contributed by atoms with E-state index in [2.05, 4.69) is 0 Å². The summed E-state index contributed by atoms with van der Waals surface area (Å²) >= 11 is 0. The van der Waals surface area contributed by atoms with E-state index in [1.165, 1.54) is 29.2 Å². The Morgan fingerprint density at radius 1 is 1.16 bits per heavy atom. The molecular formula is C13H18F4N2. The predicted octanol–water partition coefficient (Wildman–Crippen LogP) is 3.10. The maximum atomic E-state index is 12.9. The van der Waals surface area contributed by atoms with Gasteiger partial charge in [-0.05, 0) is 31.5 Å². The summed E-state index contributed by atoms with van der Waals surface area (Å²) in [5.41, 5.74) is 6.18. The highest BCUT2D eigenvalue weighted by molar-refractivity contribution is 5.20. The van der Waals surface area contributed by atoms with Gasteiger partial charge in [0.1, 0.15) is 5.82 Å². The van der Waals surface area contributed by atoms with E-state index < -0.39 is 24.6 Å². The van der Waals surface area contributed by atoms with Crippen molar-refractivity contribution in [2.24, 2.45) is 5.73 Å². The van der Waals surface area contributed by atoms with Crippen LogP contribution in [0.5, 0.6) is 0 Å². The van der Waals surface area contributed by atoms with E-state index >= 15 is 0 Å². The SMILES string of the molecule is CC(C)N(CC(F)(F)F)C(CN)c1ccc(F)cc1. The fraction of sp³-hybridized carbons (Fsp3) is 0.538. The molecule has 1 aromatic rings. The predicted molar refractivity (Wildman–Crippen MR) is 66.1 cm³/mol. The summed E-state index contributed by atoms with van der Waals surface area (Å²) < 4.78 is 50.7. The van der Waals surface area contributed by atoms with Crippen molar-refractivity contribution in [3.8, 4) is 0 Å². The van der Waals surface area contributed by atoms with Crippen LogP contribution in [0.1, 0.15) is 25.5 Å². The number of nitrogens with zero attached hydrogens (tertiary/aromatic N) is 1. The molecule has 0 aliphatic heterocycles. The molecule has 0 aliphatic rings. The smallest absolute Gasteiger partial charge is 0.329 e. The van der Waals surface area contributed by atoms with Crippen molar-refractivity contribution >= 4 is 0 Å². The molecule has 0 aliphatic carbocycles. The van der Waals surface area contributed by atoms with Crippen molar-refractivity contribution in [3.05, 3.63) is 35.6 Å². The lowest BCUT2D eigenvalue weighted by atomic mass is 10.0. The number of rotatable bonds is 5. The van der Waals surface area contributed by atoms with Crippen molar-refractivity contribution in [3.63, 3.8) is 0 Å². The monoisotopic (exact) mass is 278 g/mol. The lowest BCUT2D eigenvalue weighted by molar-refractivity contribution is -0.155. The van der Waals surface area contributed by atoms with Gasteiger partial charge in [0.25, 0.3) is 0 Å². The van der Waals surface area contributed by atoms with Gasteiger partial charge in [-0.25, -0.2) is 4.39 Å². The first kappa shape index (κ1) is 15.9. The van der Waals surface area contributed by atoms with Crippen molar-refractivity contribution in [1.29, 1.82) is 0 Å². The van der Waals surface area contributed by atoms with Gasteiger partial charge in [-0.1, -0.05) is 12.1 Å². The molecule has 6 heteroatoms. The van der Waals surface area contributed by atoms with Crippen LogP contribution in [0.25, 0.3) is 0 Å². The second-order valence-corrected chi connectivity index (χ2v) is 4.68. The summed E-state index contributed by atoms with van der Waals surface area (Å²) in [5.74, 6) is -0.425. The summed E-state index contributed by atoms with van der Waals surface area (Å²) in [6.45, 7) is 2.36. The first-order valence-electron chi connectivity index (χ1n) is 6.02. The number of halogens is 4. The molecule has 0 bridgehead atoms. The zero-order valence-electron chi connectivity index (χ0n) is 10.9. The molecule has 1 unspecified atom stereocenters. The Morgan fingerprint density at radius 2 is 1.68 bits per heavy atom. The van der Waals surface area contributed by atoms with Gasteiger partial charge in [-0.15, -0.1) is 0 Å². The molecule has 2 N–H and O–H groups in total. The summed E-state index contributed by atoms with van der Waals surface area (Å²) in [7, 11) is 0. The van der Waals surface area contributed by atoms with Crippen LogP contribution in [-0.4, -0.2) is 30.2 Å². The van der Waals surface area contributed by atoms with Gasteiger partial charge >= 0.3 is 6.18 Å². The third-order valence-electron chi connectivity index (χ3n) is 2.90. The lowest BCUT2D eigenvalue weighted by Crippen LogP contribution is -2.44. The van der Waals surface area contributed by atoms with Crippen molar-refractivity contribution in [2.45, 2.75) is 32.1 Å². The van der Waals surface area contributed by atoms with Gasteiger partial charge in [0, 0.05) is 18.6 Å². The lowest BCUT2D eigenvalue weighted by Gasteiger charge is -2.35. The Morgan fingerprint density at radius 3 is 2.05 bits per heavy atom. The molecule has 0 saturated heterocycles. The Labute approximate surface area is 110 Å². The van der Waals surface area contributed by atoms with Crippen LogP contribution < -0.4 is 5.73 Å². The zero-order chi connectivity index (χ0) is 14.6.